The van der Waals surface area contributed by atoms with Crippen LogP contribution < -0.4 is 21.3 Å². The molecule has 11 heteroatoms. The predicted octanol–water partition coefficient (Wildman–Crippen LogP) is -0.933. The van der Waals surface area contributed by atoms with Gasteiger partial charge in [0.05, 0.1) is 12.1 Å². The Morgan fingerprint density at radius 1 is 1.07 bits per heavy atom. The highest BCUT2D eigenvalue weighted by Gasteiger charge is 2.34. The van der Waals surface area contributed by atoms with Crippen LogP contribution in [0.4, 0.5) is 0 Å². The maximum absolute atomic E-state index is 12.8. The van der Waals surface area contributed by atoms with E-state index in [1.165, 1.54) is 18.7 Å². The first-order chi connectivity index (χ1) is 14.1. The topological polar surface area (TPSA) is 157 Å². The van der Waals surface area contributed by atoms with Gasteiger partial charge in [-0.25, -0.2) is 4.79 Å². The van der Waals surface area contributed by atoms with E-state index in [1.54, 1.807) is 13.8 Å². The first kappa shape index (κ1) is 26.2. The molecule has 1 saturated heterocycles. The summed E-state index contributed by atoms with van der Waals surface area (Å²) in [4.78, 5) is 49.1. The molecule has 0 spiro atoms. The van der Waals surface area contributed by atoms with Crippen molar-refractivity contribution in [2.24, 2.45) is 5.92 Å². The summed E-state index contributed by atoms with van der Waals surface area (Å²) in [6.07, 6.45) is 2.33. The summed E-state index contributed by atoms with van der Waals surface area (Å²) in [6, 6.07) is -3.74. The molecule has 5 unspecified atom stereocenters. The molecule has 5 atom stereocenters. The summed E-state index contributed by atoms with van der Waals surface area (Å²) >= 11 is 1.44. The van der Waals surface area contributed by atoms with E-state index in [-0.39, 0.29) is 24.3 Å². The highest BCUT2D eigenvalue weighted by molar-refractivity contribution is 7.98. The van der Waals surface area contributed by atoms with Crippen molar-refractivity contribution in [2.75, 3.05) is 18.6 Å². The van der Waals surface area contributed by atoms with Gasteiger partial charge in [0.25, 0.3) is 0 Å². The van der Waals surface area contributed by atoms with E-state index in [1.807, 2.05) is 6.26 Å². The van der Waals surface area contributed by atoms with Crippen LogP contribution in [0.5, 0.6) is 0 Å². The minimum atomic E-state index is -1.35. The molecule has 0 aliphatic carbocycles. The molecule has 10 nitrogen and oxygen atoms in total. The van der Waals surface area contributed by atoms with Crippen molar-refractivity contribution in [3.05, 3.63) is 0 Å². The van der Waals surface area contributed by atoms with Gasteiger partial charge in [0.2, 0.25) is 17.7 Å². The van der Waals surface area contributed by atoms with Gasteiger partial charge in [0.15, 0.2) is 0 Å². The lowest BCUT2D eigenvalue weighted by atomic mass is 10.0. The molecule has 172 valence electrons. The molecule has 1 heterocycles. The van der Waals surface area contributed by atoms with Crippen LogP contribution in [-0.2, 0) is 19.2 Å². The van der Waals surface area contributed by atoms with Crippen LogP contribution in [0.15, 0.2) is 0 Å². The molecule has 1 aliphatic heterocycles. The molecule has 0 aromatic rings. The lowest BCUT2D eigenvalue weighted by molar-refractivity contribution is -0.143. The first-order valence-electron chi connectivity index (χ1n) is 10.1. The molecule has 30 heavy (non-hydrogen) atoms. The number of carbonyl (C=O) groups excluding carboxylic acids is 3. The highest BCUT2D eigenvalue weighted by atomic mass is 32.2. The molecule has 0 bridgehead atoms. The van der Waals surface area contributed by atoms with Gasteiger partial charge >= 0.3 is 5.97 Å². The number of hydrogen-bond donors (Lipinski definition) is 6. The average molecular weight is 447 g/mol. The Morgan fingerprint density at radius 3 is 2.17 bits per heavy atom. The smallest absolute Gasteiger partial charge is 0.326 e. The molecule has 0 radical (unpaired) electrons. The Kier molecular flexibility index (Phi) is 11.1. The van der Waals surface area contributed by atoms with Gasteiger partial charge in [-0.2, -0.15) is 11.8 Å². The molecule has 3 amide bonds. The van der Waals surface area contributed by atoms with Gasteiger partial charge in [-0.15, -0.1) is 0 Å². The molecular weight excluding hydrogens is 412 g/mol. The number of carboxylic acids is 1. The normalized spacial score (nSPS) is 20.1. The second-order valence-corrected chi connectivity index (χ2v) is 8.77. The van der Waals surface area contributed by atoms with E-state index in [0.717, 1.165) is 13.0 Å². The number of rotatable bonds is 12. The average Bonchev–Trinajstić information content (AvgIpc) is 3.20. The number of nitrogens with one attached hydrogen (secondary N) is 4. The van der Waals surface area contributed by atoms with Gasteiger partial charge in [0.1, 0.15) is 18.1 Å². The number of aliphatic hydroxyl groups is 1. The number of aliphatic hydroxyl groups excluding tert-OH is 1. The predicted molar refractivity (Wildman–Crippen MR) is 114 cm³/mol. The number of thioether (sulfide) groups is 1. The summed E-state index contributed by atoms with van der Waals surface area (Å²) in [5.41, 5.74) is 0. The molecule has 0 aromatic carbocycles. The number of aliphatic carboxylic acids is 1. The van der Waals surface area contributed by atoms with E-state index in [9.17, 15) is 29.4 Å². The third-order valence-electron chi connectivity index (χ3n) is 4.91. The number of amides is 3. The van der Waals surface area contributed by atoms with Gasteiger partial charge in [-0.3, -0.25) is 14.4 Å². The zero-order chi connectivity index (χ0) is 22.8. The molecule has 0 saturated carbocycles. The van der Waals surface area contributed by atoms with Crippen LogP contribution in [-0.4, -0.2) is 82.7 Å². The summed E-state index contributed by atoms with van der Waals surface area (Å²) in [5.74, 6) is -2.63. The zero-order valence-corrected chi connectivity index (χ0v) is 18.8. The maximum Gasteiger partial charge on any atom is 0.326 e. The lowest BCUT2D eigenvalue weighted by Crippen LogP contribution is -2.60. The fourth-order valence-electron chi connectivity index (χ4n) is 3.10. The lowest BCUT2D eigenvalue weighted by Gasteiger charge is -2.28. The largest absolute Gasteiger partial charge is 0.480 e. The quantitative estimate of drug-likeness (QED) is 0.224. The number of carbonyl (C=O) groups is 4. The zero-order valence-electron chi connectivity index (χ0n) is 17.9. The molecule has 1 rings (SSSR count). The van der Waals surface area contributed by atoms with Gasteiger partial charge in [0, 0.05) is 0 Å². The third-order valence-corrected chi connectivity index (χ3v) is 5.56. The Hall–Kier alpha value is -1.85. The summed E-state index contributed by atoms with van der Waals surface area (Å²) in [7, 11) is 0. The van der Waals surface area contributed by atoms with Crippen molar-refractivity contribution in [2.45, 2.75) is 70.3 Å². The summed E-state index contributed by atoms with van der Waals surface area (Å²) in [5, 5.41) is 29.9. The minimum absolute atomic E-state index is 0.210. The molecule has 6 N–H and O–H groups in total. The summed E-state index contributed by atoms with van der Waals surface area (Å²) < 4.78 is 0. The Morgan fingerprint density at radius 2 is 1.70 bits per heavy atom. The molecule has 0 aromatic heterocycles. The van der Waals surface area contributed by atoms with Gasteiger partial charge < -0.3 is 31.5 Å². The fourth-order valence-corrected chi connectivity index (χ4v) is 3.57. The molecule has 1 fully saturated rings. The van der Waals surface area contributed by atoms with Gasteiger partial charge in [-0.1, -0.05) is 13.8 Å². The van der Waals surface area contributed by atoms with E-state index in [2.05, 4.69) is 21.3 Å². The third kappa shape index (κ3) is 8.11. The van der Waals surface area contributed by atoms with Crippen molar-refractivity contribution in [1.82, 2.24) is 21.3 Å². The fraction of sp³-hybridized carbons (Fsp3) is 0.789. The van der Waals surface area contributed by atoms with Crippen molar-refractivity contribution in [1.29, 1.82) is 0 Å². The SMILES string of the molecule is CSCCC(NC(=O)C(NC(=O)C(NC(=O)C1CCCN1)C(C)C)C(C)O)C(=O)O. The molecule has 1 aliphatic rings. The Labute approximate surface area is 181 Å². The summed E-state index contributed by atoms with van der Waals surface area (Å²) in [6.45, 7) is 5.58. The van der Waals surface area contributed by atoms with Crippen molar-refractivity contribution < 1.29 is 29.4 Å². The van der Waals surface area contributed by atoms with Crippen LogP contribution in [0, 0.1) is 5.92 Å². The first-order valence-corrected chi connectivity index (χ1v) is 11.5. The highest BCUT2D eigenvalue weighted by Crippen LogP contribution is 2.09. The van der Waals surface area contributed by atoms with Crippen LogP contribution in [0.2, 0.25) is 0 Å². The standard InChI is InChI=1S/C19H34N4O6S/c1-10(2)14(22-16(25)12-6-5-8-20-12)17(26)23-15(11(3)24)18(27)21-13(19(28)29)7-9-30-4/h10-15,20,24H,5-9H2,1-4H3,(H,21,27)(H,22,25)(H,23,26)(H,28,29). The van der Waals surface area contributed by atoms with Gasteiger partial charge in [-0.05, 0) is 50.7 Å². The second kappa shape index (κ2) is 12.8. The van der Waals surface area contributed by atoms with E-state index in [4.69, 9.17) is 0 Å². The van der Waals surface area contributed by atoms with E-state index >= 15 is 0 Å². The monoisotopic (exact) mass is 446 g/mol. The van der Waals surface area contributed by atoms with Crippen LogP contribution >= 0.6 is 11.8 Å². The van der Waals surface area contributed by atoms with Crippen molar-refractivity contribution in [3.63, 3.8) is 0 Å². The van der Waals surface area contributed by atoms with Crippen molar-refractivity contribution in [3.8, 4) is 0 Å². The Bertz CT molecular complexity index is 610. The Balaban J connectivity index is 2.82. The minimum Gasteiger partial charge on any atom is -0.480 e. The second-order valence-electron chi connectivity index (χ2n) is 7.79. The van der Waals surface area contributed by atoms with E-state index in [0.29, 0.717) is 12.2 Å². The van der Waals surface area contributed by atoms with Crippen molar-refractivity contribution >= 4 is 35.5 Å². The van der Waals surface area contributed by atoms with Crippen LogP contribution in [0.3, 0.4) is 0 Å². The maximum atomic E-state index is 12.8. The molecular formula is C19H34N4O6S. The number of hydrogen-bond acceptors (Lipinski definition) is 7. The van der Waals surface area contributed by atoms with Crippen LogP contribution in [0.1, 0.15) is 40.0 Å². The van der Waals surface area contributed by atoms with Crippen LogP contribution in [0.25, 0.3) is 0 Å². The van der Waals surface area contributed by atoms with E-state index < -0.39 is 42.0 Å². The number of carboxylic acid groups (broad SMARTS) is 1.